The van der Waals surface area contributed by atoms with E-state index in [-0.39, 0.29) is 11.9 Å². The van der Waals surface area contributed by atoms with Crippen molar-refractivity contribution in [3.8, 4) is 0 Å². The molecule has 3 rings (SSSR count). The predicted octanol–water partition coefficient (Wildman–Crippen LogP) is 3.86. The number of hydrogen-bond donors (Lipinski definition) is 1. The van der Waals surface area contributed by atoms with Crippen LogP contribution >= 0.6 is 0 Å². The van der Waals surface area contributed by atoms with Gasteiger partial charge in [-0.3, -0.25) is 4.79 Å². The number of aryl methyl sites for hydroxylation is 2. The number of fused-ring (bicyclic) bond motifs is 1. The molecular weight excluding hydrogens is 288 g/mol. The molecule has 4 nitrogen and oxygen atoms in total. The maximum absolute atomic E-state index is 12.3. The minimum absolute atomic E-state index is 0.0277. The molecule has 0 spiro atoms. The highest BCUT2D eigenvalue weighted by atomic mass is 16.5. The average Bonchev–Trinajstić information content (AvgIpc) is 2.86. The number of rotatable bonds is 4. The van der Waals surface area contributed by atoms with E-state index < -0.39 is 0 Å². The van der Waals surface area contributed by atoms with Crippen LogP contribution in [-0.4, -0.2) is 11.1 Å². The molecule has 0 aliphatic rings. The summed E-state index contributed by atoms with van der Waals surface area (Å²) < 4.78 is 5.10. The van der Waals surface area contributed by atoms with Crippen molar-refractivity contribution < 1.29 is 9.32 Å². The van der Waals surface area contributed by atoms with Gasteiger partial charge in [0.1, 0.15) is 5.76 Å². The average molecular weight is 308 g/mol. The van der Waals surface area contributed by atoms with Crippen LogP contribution in [0, 0.1) is 13.8 Å². The maximum atomic E-state index is 12.3. The topological polar surface area (TPSA) is 55.1 Å². The second-order valence-corrected chi connectivity index (χ2v) is 5.88. The highest BCUT2D eigenvalue weighted by Crippen LogP contribution is 2.20. The highest BCUT2D eigenvalue weighted by Gasteiger charge is 2.15. The number of carbonyl (C=O) groups is 1. The molecule has 0 bridgehead atoms. The smallest absolute Gasteiger partial charge is 0.225 e. The van der Waals surface area contributed by atoms with Gasteiger partial charge in [-0.25, -0.2) is 0 Å². The third kappa shape index (κ3) is 3.26. The summed E-state index contributed by atoms with van der Waals surface area (Å²) in [7, 11) is 0. The first-order valence-electron chi connectivity index (χ1n) is 7.74. The second kappa shape index (κ2) is 6.24. The van der Waals surface area contributed by atoms with Crippen molar-refractivity contribution in [2.24, 2.45) is 0 Å². The Morgan fingerprint density at radius 2 is 1.91 bits per heavy atom. The number of aromatic nitrogens is 1. The zero-order valence-corrected chi connectivity index (χ0v) is 13.6. The first-order chi connectivity index (χ1) is 11.0. The van der Waals surface area contributed by atoms with E-state index in [0.717, 1.165) is 16.8 Å². The number of benzene rings is 2. The van der Waals surface area contributed by atoms with Gasteiger partial charge in [-0.05, 0) is 43.2 Å². The zero-order valence-electron chi connectivity index (χ0n) is 13.6. The summed E-state index contributed by atoms with van der Waals surface area (Å²) in [6, 6.07) is 14.4. The Morgan fingerprint density at radius 1 is 1.17 bits per heavy atom. The highest BCUT2D eigenvalue weighted by molar-refractivity contribution is 5.83. The van der Waals surface area contributed by atoms with Crippen molar-refractivity contribution in [3.05, 3.63) is 65.0 Å². The molecule has 0 aliphatic heterocycles. The molecule has 4 heteroatoms. The maximum Gasteiger partial charge on any atom is 0.225 e. The van der Waals surface area contributed by atoms with Gasteiger partial charge in [-0.2, -0.15) is 0 Å². The van der Waals surface area contributed by atoms with Crippen molar-refractivity contribution in [1.29, 1.82) is 0 Å². The van der Waals surface area contributed by atoms with Crippen LogP contribution in [0.1, 0.15) is 35.5 Å². The summed E-state index contributed by atoms with van der Waals surface area (Å²) in [6.07, 6.45) is 0.291. The van der Waals surface area contributed by atoms with E-state index >= 15 is 0 Å². The van der Waals surface area contributed by atoms with Gasteiger partial charge < -0.3 is 9.84 Å². The lowest BCUT2D eigenvalue weighted by Crippen LogP contribution is -2.28. The lowest BCUT2D eigenvalue weighted by molar-refractivity contribution is -0.121. The van der Waals surface area contributed by atoms with Gasteiger partial charge in [-0.1, -0.05) is 41.6 Å². The molecule has 0 radical (unpaired) electrons. The Bertz CT molecular complexity index is 832. The van der Waals surface area contributed by atoms with Gasteiger partial charge in [0, 0.05) is 5.56 Å². The SMILES string of the molecule is Cc1noc(C)c1CC(=O)N[C@@H](C)c1ccc2ccccc2c1. The summed E-state index contributed by atoms with van der Waals surface area (Å²) in [6.45, 7) is 5.68. The van der Waals surface area contributed by atoms with Crippen molar-refractivity contribution in [3.63, 3.8) is 0 Å². The molecule has 1 atom stereocenters. The number of carbonyl (C=O) groups excluding carboxylic acids is 1. The van der Waals surface area contributed by atoms with Crippen LogP contribution in [0.3, 0.4) is 0 Å². The zero-order chi connectivity index (χ0) is 16.4. The molecule has 0 aliphatic carbocycles. The fourth-order valence-corrected chi connectivity index (χ4v) is 2.77. The van der Waals surface area contributed by atoms with Gasteiger partial charge >= 0.3 is 0 Å². The third-order valence-electron chi connectivity index (χ3n) is 4.17. The summed E-state index contributed by atoms with van der Waals surface area (Å²) in [4.78, 5) is 12.3. The molecule has 118 valence electrons. The minimum Gasteiger partial charge on any atom is -0.361 e. The van der Waals surface area contributed by atoms with Crippen LogP contribution in [0.2, 0.25) is 0 Å². The minimum atomic E-state index is -0.0485. The van der Waals surface area contributed by atoms with Crippen LogP contribution in [-0.2, 0) is 11.2 Å². The lowest BCUT2D eigenvalue weighted by Gasteiger charge is -2.15. The van der Waals surface area contributed by atoms with Crippen LogP contribution < -0.4 is 5.32 Å². The normalized spacial score (nSPS) is 12.3. The van der Waals surface area contributed by atoms with Crippen molar-refractivity contribution >= 4 is 16.7 Å². The van der Waals surface area contributed by atoms with E-state index in [0.29, 0.717) is 12.2 Å². The van der Waals surface area contributed by atoms with Gasteiger partial charge in [-0.15, -0.1) is 0 Å². The summed E-state index contributed by atoms with van der Waals surface area (Å²) in [5.41, 5.74) is 2.74. The van der Waals surface area contributed by atoms with E-state index in [1.807, 2.05) is 32.9 Å². The Kier molecular flexibility index (Phi) is 4.15. The standard InChI is InChI=1S/C19H20N2O2/c1-12(16-9-8-15-6-4-5-7-17(15)10-16)20-19(22)11-18-13(2)21-23-14(18)3/h4-10,12H,11H2,1-3H3,(H,20,22)/t12-/m0/s1. The van der Waals surface area contributed by atoms with Crippen LogP contribution in [0.5, 0.6) is 0 Å². The van der Waals surface area contributed by atoms with E-state index in [9.17, 15) is 4.79 Å². The quantitative estimate of drug-likeness (QED) is 0.796. The molecule has 0 saturated heterocycles. The van der Waals surface area contributed by atoms with Crippen LogP contribution in [0.15, 0.2) is 47.0 Å². The predicted molar refractivity (Wildman–Crippen MR) is 90.2 cm³/mol. The number of hydrogen-bond acceptors (Lipinski definition) is 3. The van der Waals surface area contributed by atoms with Gasteiger partial charge in [0.2, 0.25) is 5.91 Å². The fourth-order valence-electron chi connectivity index (χ4n) is 2.77. The van der Waals surface area contributed by atoms with Gasteiger partial charge in [0.15, 0.2) is 0 Å². The van der Waals surface area contributed by atoms with Crippen LogP contribution in [0.4, 0.5) is 0 Å². The Labute approximate surface area is 135 Å². The molecule has 2 aromatic carbocycles. The van der Waals surface area contributed by atoms with Gasteiger partial charge in [0.25, 0.3) is 0 Å². The second-order valence-electron chi connectivity index (χ2n) is 5.88. The van der Waals surface area contributed by atoms with E-state index in [4.69, 9.17) is 4.52 Å². The molecule has 1 heterocycles. The number of nitrogens with zero attached hydrogens (tertiary/aromatic N) is 1. The Hall–Kier alpha value is -2.62. The molecule has 1 N–H and O–H groups in total. The number of nitrogens with one attached hydrogen (secondary N) is 1. The molecule has 0 fully saturated rings. The summed E-state index contributed by atoms with van der Waals surface area (Å²) >= 11 is 0. The van der Waals surface area contributed by atoms with E-state index in [1.54, 1.807) is 0 Å². The van der Waals surface area contributed by atoms with Crippen molar-refractivity contribution in [2.45, 2.75) is 33.2 Å². The van der Waals surface area contributed by atoms with Crippen LogP contribution in [0.25, 0.3) is 10.8 Å². The van der Waals surface area contributed by atoms with Crippen molar-refractivity contribution in [2.75, 3.05) is 0 Å². The first kappa shape index (κ1) is 15.3. The monoisotopic (exact) mass is 308 g/mol. The molecule has 0 unspecified atom stereocenters. The number of amides is 1. The first-order valence-corrected chi connectivity index (χ1v) is 7.74. The molecule has 0 saturated carbocycles. The summed E-state index contributed by atoms with van der Waals surface area (Å²) in [5.74, 6) is 0.677. The Morgan fingerprint density at radius 3 is 2.61 bits per heavy atom. The molecular formula is C19H20N2O2. The molecule has 23 heavy (non-hydrogen) atoms. The molecule has 1 aromatic heterocycles. The summed E-state index contributed by atoms with van der Waals surface area (Å²) in [5, 5.41) is 9.31. The van der Waals surface area contributed by atoms with Crippen molar-refractivity contribution in [1.82, 2.24) is 10.5 Å². The third-order valence-corrected chi connectivity index (χ3v) is 4.17. The lowest BCUT2D eigenvalue weighted by atomic mass is 10.0. The fraction of sp³-hybridized carbons (Fsp3) is 0.263. The largest absolute Gasteiger partial charge is 0.361 e. The molecule has 1 amide bonds. The van der Waals surface area contributed by atoms with E-state index in [2.05, 4.69) is 40.8 Å². The molecule has 3 aromatic rings. The van der Waals surface area contributed by atoms with Gasteiger partial charge in [0.05, 0.1) is 18.2 Å². The Balaban J connectivity index is 1.72. The van der Waals surface area contributed by atoms with E-state index in [1.165, 1.54) is 10.8 Å².